The lowest BCUT2D eigenvalue weighted by Crippen LogP contribution is -2.20. The van der Waals surface area contributed by atoms with Gasteiger partial charge in [0, 0.05) is 12.5 Å². The maximum atomic E-state index is 13.4. The number of aliphatic hydroxyl groups is 1. The minimum Gasteiger partial charge on any atom is -0.454 e. The third kappa shape index (κ3) is 2.18. The predicted molar refractivity (Wildman–Crippen MR) is 56.1 cm³/mol. The first-order valence-corrected chi connectivity index (χ1v) is 5.11. The van der Waals surface area contributed by atoms with E-state index in [-0.39, 0.29) is 23.7 Å². The molecule has 6 heteroatoms. The summed E-state index contributed by atoms with van der Waals surface area (Å²) in [5.74, 6) is -2.41. The van der Waals surface area contributed by atoms with Crippen molar-refractivity contribution in [3.63, 3.8) is 0 Å². The van der Waals surface area contributed by atoms with Gasteiger partial charge in [0.05, 0.1) is 12.6 Å². The van der Waals surface area contributed by atoms with E-state index >= 15 is 0 Å². The largest absolute Gasteiger partial charge is 0.454 e. The number of aliphatic hydroxyl groups excluding tert-OH is 1. The van der Waals surface area contributed by atoms with Crippen molar-refractivity contribution in [2.75, 3.05) is 13.4 Å². The second-order valence-electron chi connectivity index (χ2n) is 3.97. The highest BCUT2D eigenvalue weighted by atomic mass is 19.3. The van der Waals surface area contributed by atoms with E-state index in [0.717, 1.165) is 6.92 Å². The molecule has 0 spiro atoms. The standard InChI is InChI=1S/C11H13F2NO3/c1-11(12,13)7-3-10-9(16-5-17-10)2-6(7)8(14)4-15/h2-3,8,15H,4-5,14H2,1H3. The van der Waals surface area contributed by atoms with Gasteiger partial charge in [-0.15, -0.1) is 0 Å². The highest BCUT2D eigenvalue weighted by Crippen LogP contribution is 2.41. The number of hydrogen-bond acceptors (Lipinski definition) is 4. The lowest BCUT2D eigenvalue weighted by molar-refractivity contribution is 0.0157. The first-order valence-electron chi connectivity index (χ1n) is 5.11. The van der Waals surface area contributed by atoms with Gasteiger partial charge in [0.2, 0.25) is 6.79 Å². The van der Waals surface area contributed by atoms with Gasteiger partial charge in [0.25, 0.3) is 5.92 Å². The van der Waals surface area contributed by atoms with Gasteiger partial charge in [-0.1, -0.05) is 0 Å². The zero-order valence-electron chi connectivity index (χ0n) is 9.24. The summed E-state index contributed by atoms with van der Waals surface area (Å²) in [6.45, 7) is 0.364. The zero-order valence-corrected chi connectivity index (χ0v) is 9.24. The van der Waals surface area contributed by atoms with Crippen molar-refractivity contribution in [1.82, 2.24) is 0 Å². The summed E-state index contributed by atoms with van der Waals surface area (Å²) in [5, 5.41) is 8.98. The molecule has 94 valence electrons. The summed E-state index contributed by atoms with van der Waals surface area (Å²) < 4.78 is 37.0. The normalized spacial score (nSPS) is 16.1. The van der Waals surface area contributed by atoms with E-state index in [9.17, 15) is 8.78 Å². The maximum Gasteiger partial charge on any atom is 0.270 e. The van der Waals surface area contributed by atoms with E-state index in [1.54, 1.807) is 0 Å². The Kier molecular flexibility index (Phi) is 2.92. The van der Waals surface area contributed by atoms with Gasteiger partial charge in [-0.3, -0.25) is 0 Å². The van der Waals surface area contributed by atoms with E-state index < -0.39 is 18.6 Å². The second-order valence-corrected chi connectivity index (χ2v) is 3.97. The van der Waals surface area contributed by atoms with E-state index in [1.165, 1.54) is 12.1 Å². The predicted octanol–water partition coefficient (Wildman–Crippen LogP) is 1.52. The smallest absolute Gasteiger partial charge is 0.270 e. The number of ether oxygens (including phenoxy) is 2. The fourth-order valence-corrected chi connectivity index (χ4v) is 1.74. The molecular formula is C11H13F2NO3. The number of fused-ring (bicyclic) bond motifs is 1. The van der Waals surface area contributed by atoms with E-state index in [0.29, 0.717) is 5.75 Å². The number of halogens is 2. The molecule has 1 heterocycles. The number of rotatable bonds is 3. The van der Waals surface area contributed by atoms with Crippen molar-refractivity contribution < 1.29 is 23.4 Å². The molecule has 17 heavy (non-hydrogen) atoms. The molecule has 0 fully saturated rings. The Morgan fingerprint density at radius 2 is 2.00 bits per heavy atom. The third-order valence-electron chi connectivity index (χ3n) is 2.61. The number of alkyl halides is 2. The molecule has 0 aromatic heterocycles. The van der Waals surface area contributed by atoms with Crippen molar-refractivity contribution in [1.29, 1.82) is 0 Å². The second kappa shape index (κ2) is 4.12. The maximum absolute atomic E-state index is 13.4. The van der Waals surface area contributed by atoms with Gasteiger partial charge in [-0.25, -0.2) is 8.78 Å². The van der Waals surface area contributed by atoms with Gasteiger partial charge >= 0.3 is 0 Å². The molecule has 0 bridgehead atoms. The molecule has 1 unspecified atom stereocenters. The van der Waals surface area contributed by atoms with Crippen LogP contribution < -0.4 is 15.2 Å². The van der Waals surface area contributed by atoms with Crippen LogP contribution >= 0.6 is 0 Å². The molecule has 0 radical (unpaired) electrons. The molecule has 1 aromatic rings. The van der Waals surface area contributed by atoms with Gasteiger partial charge in [0.15, 0.2) is 11.5 Å². The number of benzene rings is 1. The van der Waals surface area contributed by atoms with Crippen LogP contribution in [0.15, 0.2) is 12.1 Å². The number of nitrogens with two attached hydrogens (primary N) is 1. The first-order chi connectivity index (χ1) is 7.93. The summed E-state index contributed by atoms with van der Waals surface area (Å²) in [6, 6.07) is 1.74. The molecule has 1 aromatic carbocycles. The van der Waals surface area contributed by atoms with Crippen LogP contribution in [0.4, 0.5) is 8.78 Å². The Morgan fingerprint density at radius 1 is 1.41 bits per heavy atom. The SMILES string of the molecule is CC(F)(F)c1cc2c(cc1C(N)CO)OCO2. The van der Waals surface area contributed by atoms with Crippen LogP contribution in [0.3, 0.4) is 0 Å². The Bertz CT molecular complexity index is 431. The van der Waals surface area contributed by atoms with Crippen LogP contribution in [0.2, 0.25) is 0 Å². The van der Waals surface area contributed by atoms with Crippen molar-refractivity contribution >= 4 is 0 Å². The number of hydrogen-bond donors (Lipinski definition) is 2. The van der Waals surface area contributed by atoms with Gasteiger partial charge in [-0.2, -0.15) is 0 Å². The van der Waals surface area contributed by atoms with E-state index in [1.807, 2.05) is 0 Å². The van der Waals surface area contributed by atoms with Crippen LogP contribution in [0.5, 0.6) is 11.5 Å². The average molecular weight is 245 g/mol. The fourth-order valence-electron chi connectivity index (χ4n) is 1.74. The first kappa shape index (κ1) is 12.1. The van der Waals surface area contributed by atoms with E-state index in [2.05, 4.69) is 0 Å². The quantitative estimate of drug-likeness (QED) is 0.847. The van der Waals surface area contributed by atoms with Crippen LogP contribution in [0.25, 0.3) is 0 Å². The van der Waals surface area contributed by atoms with Crippen LogP contribution in [-0.4, -0.2) is 18.5 Å². The van der Waals surface area contributed by atoms with Crippen molar-refractivity contribution in [3.05, 3.63) is 23.3 Å². The highest BCUT2D eigenvalue weighted by molar-refractivity contribution is 5.51. The minimum absolute atomic E-state index is 0.00186. The van der Waals surface area contributed by atoms with Crippen LogP contribution in [-0.2, 0) is 5.92 Å². The summed E-state index contributed by atoms with van der Waals surface area (Å²) in [5.41, 5.74) is 5.53. The van der Waals surface area contributed by atoms with Gasteiger partial charge in [-0.05, 0) is 17.7 Å². The molecule has 0 amide bonds. The molecular weight excluding hydrogens is 232 g/mol. The van der Waals surface area contributed by atoms with Crippen molar-refractivity contribution in [2.45, 2.75) is 18.9 Å². The molecule has 2 rings (SSSR count). The third-order valence-corrected chi connectivity index (χ3v) is 2.61. The van der Waals surface area contributed by atoms with Crippen LogP contribution in [0, 0.1) is 0 Å². The Labute approximate surface area is 96.9 Å². The molecule has 1 aliphatic heterocycles. The highest BCUT2D eigenvalue weighted by Gasteiger charge is 2.32. The minimum atomic E-state index is -3.05. The Balaban J connectivity index is 2.55. The lowest BCUT2D eigenvalue weighted by Gasteiger charge is -2.19. The summed E-state index contributed by atoms with van der Waals surface area (Å²) in [7, 11) is 0. The molecule has 3 N–H and O–H groups in total. The fraction of sp³-hybridized carbons (Fsp3) is 0.455. The lowest BCUT2D eigenvalue weighted by atomic mass is 9.96. The molecule has 1 aliphatic rings. The summed E-state index contributed by atoms with van der Waals surface area (Å²) in [6.07, 6.45) is 0. The Morgan fingerprint density at radius 3 is 2.53 bits per heavy atom. The van der Waals surface area contributed by atoms with Crippen molar-refractivity contribution in [2.24, 2.45) is 5.73 Å². The van der Waals surface area contributed by atoms with Gasteiger partial charge < -0.3 is 20.3 Å². The molecule has 0 saturated carbocycles. The van der Waals surface area contributed by atoms with Gasteiger partial charge in [0.1, 0.15) is 0 Å². The molecule has 0 aliphatic carbocycles. The monoisotopic (exact) mass is 245 g/mol. The zero-order chi connectivity index (χ0) is 12.6. The average Bonchev–Trinajstić information content (AvgIpc) is 2.72. The topological polar surface area (TPSA) is 64.7 Å². The summed E-state index contributed by atoms with van der Waals surface area (Å²) in [4.78, 5) is 0. The molecule has 4 nitrogen and oxygen atoms in total. The molecule has 0 saturated heterocycles. The van der Waals surface area contributed by atoms with E-state index in [4.69, 9.17) is 20.3 Å². The van der Waals surface area contributed by atoms with Crippen molar-refractivity contribution in [3.8, 4) is 11.5 Å². The Hall–Kier alpha value is -1.40. The van der Waals surface area contributed by atoms with Crippen LogP contribution in [0.1, 0.15) is 24.1 Å². The molecule has 1 atom stereocenters. The summed E-state index contributed by atoms with van der Waals surface area (Å²) >= 11 is 0.